The van der Waals surface area contributed by atoms with Gasteiger partial charge in [0, 0.05) is 11.3 Å². The molecular formula is C18H14N4OS. The number of anilines is 3. The fourth-order valence-corrected chi connectivity index (χ4v) is 3.12. The van der Waals surface area contributed by atoms with Gasteiger partial charge in [-0.25, -0.2) is 4.98 Å². The predicted octanol–water partition coefficient (Wildman–Crippen LogP) is 3.88. The lowest BCUT2D eigenvalue weighted by Crippen LogP contribution is -2.02. The molecule has 0 amide bonds. The fourth-order valence-electron chi connectivity index (χ4n) is 2.26. The van der Waals surface area contributed by atoms with Crippen molar-refractivity contribution in [3.63, 3.8) is 0 Å². The van der Waals surface area contributed by atoms with Gasteiger partial charge in [-0.15, -0.1) is 0 Å². The summed E-state index contributed by atoms with van der Waals surface area (Å²) in [5.41, 5.74) is 8.77. The number of nitrogens with one attached hydrogen (secondary N) is 1. The van der Waals surface area contributed by atoms with Crippen LogP contribution in [0, 0.1) is 18.3 Å². The molecule has 0 saturated heterocycles. The minimum atomic E-state index is -0.237. The summed E-state index contributed by atoms with van der Waals surface area (Å²) in [5.74, 6) is -0.0538. The molecule has 0 fully saturated rings. The SMILES string of the molecule is Cc1cccc(Nc2nc(N)c(C(=O)c3cccc(C#N)c3)s2)c1. The average Bonchev–Trinajstić information content (AvgIpc) is 2.94. The van der Waals surface area contributed by atoms with Crippen molar-refractivity contribution in [3.05, 3.63) is 70.1 Å². The Bertz CT molecular complexity index is 956. The van der Waals surface area contributed by atoms with Gasteiger partial charge in [-0.3, -0.25) is 4.79 Å². The Balaban J connectivity index is 1.88. The molecule has 3 aromatic rings. The second-order valence-corrected chi connectivity index (χ2v) is 6.25. The number of hydrogen-bond acceptors (Lipinski definition) is 6. The Morgan fingerprint density at radius 2 is 2.04 bits per heavy atom. The van der Waals surface area contributed by atoms with Crippen LogP contribution < -0.4 is 11.1 Å². The van der Waals surface area contributed by atoms with Crippen molar-refractivity contribution >= 4 is 33.8 Å². The number of benzene rings is 2. The number of nitriles is 1. The molecule has 0 aliphatic rings. The van der Waals surface area contributed by atoms with Crippen molar-refractivity contribution in [2.45, 2.75) is 6.92 Å². The van der Waals surface area contributed by atoms with Gasteiger partial charge >= 0.3 is 0 Å². The molecule has 6 heteroatoms. The first-order chi connectivity index (χ1) is 11.6. The summed E-state index contributed by atoms with van der Waals surface area (Å²) in [5, 5.41) is 12.7. The van der Waals surface area contributed by atoms with Crippen LogP contribution in [0.4, 0.5) is 16.6 Å². The van der Waals surface area contributed by atoms with Crippen molar-refractivity contribution in [2.75, 3.05) is 11.1 Å². The third-order valence-corrected chi connectivity index (χ3v) is 4.37. The van der Waals surface area contributed by atoms with Gasteiger partial charge < -0.3 is 11.1 Å². The van der Waals surface area contributed by atoms with E-state index in [9.17, 15) is 4.79 Å². The van der Waals surface area contributed by atoms with E-state index in [4.69, 9.17) is 11.0 Å². The number of carbonyl (C=O) groups is 1. The number of hydrogen-bond donors (Lipinski definition) is 2. The van der Waals surface area contributed by atoms with Gasteiger partial charge in [-0.1, -0.05) is 35.6 Å². The molecule has 1 heterocycles. The Kier molecular flexibility index (Phi) is 4.27. The largest absolute Gasteiger partial charge is 0.382 e. The normalized spacial score (nSPS) is 10.2. The number of carbonyl (C=O) groups excluding carboxylic acids is 1. The highest BCUT2D eigenvalue weighted by Gasteiger charge is 2.18. The van der Waals surface area contributed by atoms with E-state index < -0.39 is 0 Å². The number of rotatable bonds is 4. The first-order valence-electron chi connectivity index (χ1n) is 7.21. The molecule has 2 aromatic carbocycles. The van der Waals surface area contributed by atoms with Gasteiger partial charge in [0.1, 0.15) is 10.7 Å². The van der Waals surface area contributed by atoms with Gasteiger partial charge in [-0.2, -0.15) is 5.26 Å². The van der Waals surface area contributed by atoms with E-state index >= 15 is 0 Å². The molecule has 0 aliphatic heterocycles. The molecule has 0 unspecified atom stereocenters. The highest BCUT2D eigenvalue weighted by molar-refractivity contribution is 7.18. The minimum absolute atomic E-state index is 0.183. The van der Waals surface area contributed by atoms with Crippen molar-refractivity contribution in [3.8, 4) is 6.07 Å². The van der Waals surface area contributed by atoms with Crippen LogP contribution in [0.25, 0.3) is 0 Å². The standard InChI is InChI=1S/C18H14N4OS/c1-11-4-2-7-14(8-11)21-18-22-17(20)16(24-18)15(23)13-6-3-5-12(9-13)10-19/h2-9H,20H2,1H3,(H,21,22). The zero-order valence-corrected chi connectivity index (χ0v) is 13.7. The van der Waals surface area contributed by atoms with Crippen LogP contribution in [0.2, 0.25) is 0 Å². The van der Waals surface area contributed by atoms with Crippen molar-refractivity contribution in [2.24, 2.45) is 0 Å². The molecule has 3 N–H and O–H groups in total. The van der Waals surface area contributed by atoms with Crippen molar-refractivity contribution < 1.29 is 4.79 Å². The Labute approximate surface area is 143 Å². The quantitative estimate of drug-likeness (QED) is 0.706. The summed E-state index contributed by atoms with van der Waals surface area (Å²) < 4.78 is 0. The fraction of sp³-hybridized carbons (Fsp3) is 0.0556. The van der Waals surface area contributed by atoms with Crippen LogP contribution in [-0.2, 0) is 0 Å². The molecule has 0 radical (unpaired) electrons. The maximum Gasteiger partial charge on any atom is 0.206 e. The third kappa shape index (κ3) is 3.26. The van der Waals surface area contributed by atoms with E-state index in [1.165, 1.54) is 11.3 Å². The lowest BCUT2D eigenvalue weighted by atomic mass is 10.1. The lowest BCUT2D eigenvalue weighted by molar-refractivity contribution is 0.104. The number of thiazole rings is 1. The van der Waals surface area contributed by atoms with E-state index in [0.717, 1.165) is 11.3 Å². The zero-order valence-electron chi connectivity index (χ0n) is 12.9. The predicted molar refractivity (Wildman–Crippen MR) is 95.6 cm³/mol. The third-order valence-electron chi connectivity index (χ3n) is 3.38. The molecule has 3 rings (SSSR count). The Morgan fingerprint density at radius 1 is 1.25 bits per heavy atom. The summed E-state index contributed by atoms with van der Waals surface area (Å²) in [6, 6.07) is 16.4. The van der Waals surface area contributed by atoms with Crippen LogP contribution in [0.3, 0.4) is 0 Å². The second kappa shape index (κ2) is 6.52. The van der Waals surface area contributed by atoms with Crippen LogP contribution in [0.5, 0.6) is 0 Å². The summed E-state index contributed by atoms with van der Waals surface area (Å²) in [6.45, 7) is 2.00. The van der Waals surface area contributed by atoms with E-state index in [0.29, 0.717) is 21.1 Å². The molecule has 24 heavy (non-hydrogen) atoms. The monoisotopic (exact) mass is 334 g/mol. The van der Waals surface area contributed by atoms with Gasteiger partial charge in [0.25, 0.3) is 0 Å². The van der Waals surface area contributed by atoms with Gasteiger partial charge in [0.05, 0.1) is 11.6 Å². The number of aryl methyl sites for hydroxylation is 1. The van der Waals surface area contributed by atoms with Crippen LogP contribution in [0.15, 0.2) is 48.5 Å². The van der Waals surface area contributed by atoms with Crippen LogP contribution in [0.1, 0.15) is 26.4 Å². The molecule has 0 spiro atoms. The summed E-state index contributed by atoms with van der Waals surface area (Å²) >= 11 is 1.20. The number of nitrogens with two attached hydrogens (primary N) is 1. The first-order valence-corrected chi connectivity index (χ1v) is 8.03. The number of nitrogen functional groups attached to an aromatic ring is 1. The lowest BCUT2D eigenvalue weighted by Gasteiger charge is -2.02. The zero-order chi connectivity index (χ0) is 17.1. The second-order valence-electron chi connectivity index (χ2n) is 5.25. The molecule has 5 nitrogen and oxygen atoms in total. The smallest absolute Gasteiger partial charge is 0.206 e. The summed E-state index contributed by atoms with van der Waals surface area (Å²) in [7, 11) is 0. The van der Waals surface area contributed by atoms with Crippen molar-refractivity contribution in [1.29, 1.82) is 5.26 Å². The molecule has 0 aliphatic carbocycles. The molecule has 0 saturated carbocycles. The van der Waals surface area contributed by atoms with Gasteiger partial charge in [-0.05, 0) is 36.8 Å². The Hall–Kier alpha value is -3.17. The molecule has 0 bridgehead atoms. The topological polar surface area (TPSA) is 91.8 Å². The van der Waals surface area contributed by atoms with E-state index in [-0.39, 0.29) is 11.6 Å². The average molecular weight is 334 g/mol. The summed E-state index contributed by atoms with van der Waals surface area (Å²) in [6.07, 6.45) is 0. The molecule has 1 aromatic heterocycles. The number of ketones is 1. The first kappa shape index (κ1) is 15.7. The minimum Gasteiger partial charge on any atom is -0.382 e. The number of nitrogens with zero attached hydrogens (tertiary/aromatic N) is 2. The van der Waals surface area contributed by atoms with Gasteiger partial charge in [0.2, 0.25) is 5.78 Å². The summed E-state index contributed by atoms with van der Waals surface area (Å²) in [4.78, 5) is 17.2. The molecule has 118 valence electrons. The highest BCUT2D eigenvalue weighted by atomic mass is 32.1. The highest BCUT2D eigenvalue weighted by Crippen LogP contribution is 2.30. The van der Waals surface area contributed by atoms with E-state index in [1.54, 1.807) is 24.3 Å². The number of aromatic nitrogens is 1. The van der Waals surface area contributed by atoms with E-state index in [1.807, 2.05) is 37.3 Å². The van der Waals surface area contributed by atoms with Crippen molar-refractivity contribution in [1.82, 2.24) is 4.98 Å². The van der Waals surface area contributed by atoms with Crippen LogP contribution >= 0.6 is 11.3 Å². The van der Waals surface area contributed by atoms with Gasteiger partial charge in [0.15, 0.2) is 5.13 Å². The Morgan fingerprint density at radius 3 is 2.79 bits per heavy atom. The van der Waals surface area contributed by atoms with Crippen LogP contribution in [-0.4, -0.2) is 10.8 Å². The molecule has 0 atom stereocenters. The molecular weight excluding hydrogens is 320 g/mol. The maximum atomic E-state index is 12.6. The van der Waals surface area contributed by atoms with E-state index in [2.05, 4.69) is 10.3 Å². The maximum absolute atomic E-state index is 12.6.